The first-order chi connectivity index (χ1) is 11.9. The minimum atomic E-state index is 0.741. The topological polar surface area (TPSA) is 43.2 Å². The predicted molar refractivity (Wildman–Crippen MR) is 93.6 cm³/mol. The molecule has 1 aromatic heterocycles. The van der Waals surface area contributed by atoms with Crippen LogP contribution < -0.4 is 4.90 Å². The summed E-state index contributed by atoms with van der Waals surface area (Å²) in [6.07, 6.45) is 0.778. The Morgan fingerprint density at radius 1 is 0.875 bits per heavy atom. The summed E-state index contributed by atoms with van der Waals surface area (Å²) in [7, 11) is 0. The smallest absolute Gasteiger partial charge is 0.156 e. The molecule has 122 valence electrons. The van der Waals surface area contributed by atoms with Crippen LogP contribution in [0.25, 0.3) is 5.69 Å². The van der Waals surface area contributed by atoms with Gasteiger partial charge in [0.05, 0.1) is 18.9 Å². The molecule has 4 rings (SSSR count). The highest BCUT2D eigenvalue weighted by atomic mass is 16.5. The molecule has 1 aliphatic rings. The van der Waals surface area contributed by atoms with Crippen LogP contribution in [0.2, 0.25) is 0 Å². The second kappa shape index (κ2) is 6.84. The van der Waals surface area contributed by atoms with E-state index in [0.717, 1.165) is 49.9 Å². The van der Waals surface area contributed by atoms with E-state index < -0.39 is 0 Å². The third-order valence-electron chi connectivity index (χ3n) is 4.24. The molecule has 0 unspecified atom stereocenters. The summed E-state index contributed by atoms with van der Waals surface area (Å²) < 4.78 is 7.46. The molecule has 5 nitrogen and oxygen atoms in total. The number of anilines is 1. The van der Waals surface area contributed by atoms with Crippen LogP contribution in [0.1, 0.15) is 11.3 Å². The van der Waals surface area contributed by atoms with E-state index in [1.807, 2.05) is 28.9 Å². The van der Waals surface area contributed by atoms with Crippen LogP contribution in [0, 0.1) is 0 Å². The van der Waals surface area contributed by atoms with Crippen LogP contribution in [0.5, 0.6) is 0 Å². The lowest BCUT2D eigenvalue weighted by Crippen LogP contribution is -2.38. The molecule has 1 fully saturated rings. The number of rotatable bonds is 4. The molecule has 2 aromatic carbocycles. The fourth-order valence-electron chi connectivity index (χ4n) is 3.05. The third-order valence-corrected chi connectivity index (χ3v) is 4.24. The molecule has 0 aliphatic carbocycles. The minimum Gasteiger partial charge on any atom is -0.378 e. The van der Waals surface area contributed by atoms with E-state index in [4.69, 9.17) is 4.74 Å². The van der Waals surface area contributed by atoms with E-state index in [2.05, 4.69) is 51.6 Å². The van der Waals surface area contributed by atoms with Crippen molar-refractivity contribution in [1.29, 1.82) is 0 Å². The summed E-state index contributed by atoms with van der Waals surface area (Å²) in [6.45, 7) is 3.21. The summed E-state index contributed by atoms with van der Waals surface area (Å²) in [5, 5.41) is 8.94. The molecular formula is C19H20N4O. The summed E-state index contributed by atoms with van der Waals surface area (Å²) in [6, 6.07) is 20.6. The molecular weight excluding hydrogens is 300 g/mol. The first-order valence-electron chi connectivity index (χ1n) is 8.28. The van der Waals surface area contributed by atoms with Crippen LogP contribution >= 0.6 is 0 Å². The Labute approximate surface area is 141 Å². The van der Waals surface area contributed by atoms with Crippen LogP contribution in [0.3, 0.4) is 0 Å². The fourth-order valence-corrected chi connectivity index (χ4v) is 3.05. The number of hydrogen-bond acceptors (Lipinski definition) is 4. The van der Waals surface area contributed by atoms with Gasteiger partial charge >= 0.3 is 0 Å². The van der Waals surface area contributed by atoms with Gasteiger partial charge in [0.1, 0.15) is 5.69 Å². The van der Waals surface area contributed by atoms with Crippen molar-refractivity contribution in [2.24, 2.45) is 0 Å². The van der Waals surface area contributed by atoms with E-state index in [1.165, 1.54) is 5.56 Å². The van der Waals surface area contributed by atoms with Crippen molar-refractivity contribution in [3.05, 3.63) is 71.9 Å². The van der Waals surface area contributed by atoms with Crippen LogP contribution in [0.4, 0.5) is 5.82 Å². The summed E-state index contributed by atoms with van der Waals surface area (Å²) in [5.41, 5.74) is 3.28. The van der Waals surface area contributed by atoms with Crippen LogP contribution in [-0.2, 0) is 11.2 Å². The zero-order valence-electron chi connectivity index (χ0n) is 13.5. The summed E-state index contributed by atoms with van der Waals surface area (Å²) in [5.74, 6) is 1.08. The van der Waals surface area contributed by atoms with E-state index >= 15 is 0 Å². The highest BCUT2D eigenvalue weighted by molar-refractivity contribution is 5.51. The maximum atomic E-state index is 5.51. The molecule has 0 amide bonds. The number of para-hydroxylation sites is 1. The highest BCUT2D eigenvalue weighted by Crippen LogP contribution is 2.25. The van der Waals surface area contributed by atoms with Gasteiger partial charge < -0.3 is 9.64 Å². The number of aromatic nitrogens is 3. The van der Waals surface area contributed by atoms with E-state index in [0.29, 0.717) is 0 Å². The Kier molecular flexibility index (Phi) is 4.25. The van der Waals surface area contributed by atoms with E-state index in [-0.39, 0.29) is 0 Å². The SMILES string of the molecule is c1ccc(Cc2nnn(-c3ccccc3)c2N2CCOCC2)cc1. The first-order valence-corrected chi connectivity index (χ1v) is 8.28. The Morgan fingerprint density at radius 2 is 1.54 bits per heavy atom. The molecule has 0 bridgehead atoms. The maximum Gasteiger partial charge on any atom is 0.156 e. The van der Waals surface area contributed by atoms with Crippen molar-refractivity contribution in [3.63, 3.8) is 0 Å². The van der Waals surface area contributed by atoms with Gasteiger partial charge in [-0.15, -0.1) is 5.10 Å². The van der Waals surface area contributed by atoms with Crippen molar-refractivity contribution in [2.75, 3.05) is 31.2 Å². The first kappa shape index (κ1) is 14.9. The van der Waals surface area contributed by atoms with E-state index in [1.54, 1.807) is 0 Å². The van der Waals surface area contributed by atoms with Crippen molar-refractivity contribution >= 4 is 5.82 Å². The van der Waals surface area contributed by atoms with Gasteiger partial charge in [-0.05, 0) is 17.7 Å². The fraction of sp³-hybridized carbons (Fsp3) is 0.263. The quantitative estimate of drug-likeness (QED) is 0.741. The van der Waals surface area contributed by atoms with Crippen molar-refractivity contribution < 1.29 is 4.74 Å². The van der Waals surface area contributed by atoms with E-state index in [9.17, 15) is 0 Å². The molecule has 0 N–H and O–H groups in total. The van der Waals surface area contributed by atoms with Gasteiger partial charge in [0.2, 0.25) is 0 Å². The normalized spacial score (nSPS) is 14.8. The number of ether oxygens (including phenoxy) is 1. The molecule has 3 aromatic rings. The highest BCUT2D eigenvalue weighted by Gasteiger charge is 2.22. The van der Waals surface area contributed by atoms with Gasteiger partial charge in [-0.1, -0.05) is 53.7 Å². The molecule has 0 saturated carbocycles. The molecule has 1 saturated heterocycles. The standard InChI is InChI=1S/C19H20N4O/c1-3-7-16(8-4-1)15-18-19(22-11-13-24-14-12-22)23(21-20-18)17-9-5-2-6-10-17/h1-10H,11-15H2. The monoisotopic (exact) mass is 320 g/mol. The molecule has 24 heavy (non-hydrogen) atoms. The van der Waals surface area contributed by atoms with Gasteiger partial charge in [0.25, 0.3) is 0 Å². The maximum absolute atomic E-state index is 5.51. The van der Waals surface area contributed by atoms with Gasteiger partial charge in [-0.25, -0.2) is 0 Å². The summed E-state index contributed by atoms with van der Waals surface area (Å²) >= 11 is 0. The average Bonchev–Trinajstić information content (AvgIpc) is 3.07. The van der Waals surface area contributed by atoms with Crippen molar-refractivity contribution in [2.45, 2.75) is 6.42 Å². The number of morpholine rings is 1. The molecule has 1 aliphatic heterocycles. The zero-order chi connectivity index (χ0) is 16.2. The zero-order valence-corrected chi connectivity index (χ0v) is 13.5. The van der Waals surface area contributed by atoms with Gasteiger partial charge in [-0.3, -0.25) is 0 Å². The molecule has 5 heteroatoms. The number of nitrogens with zero attached hydrogens (tertiary/aromatic N) is 4. The predicted octanol–water partition coefficient (Wildman–Crippen LogP) is 2.69. The van der Waals surface area contributed by atoms with Gasteiger partial charge in [-0.2, -0.15) is 4.68 Å². The largest absolute Gasteiger partial charge is 0.378 e. The lowest BCUT2D eigenvalue weighted by Gasteiger charge is -2.29. The van der Waals surface area contributed by atoms with Crippen molar-refractivity contribution in [3.8, 4) is 5.69 Å². The third kappa shape index (κ3) is 3.03. The lowest BCUT2D eigenvalue weighted by molar-refractivity contribution is 0.122. The average molecular weight is 320 g/mol. The Bertz CT molecular complexity index is 780. The van der Waals surface area contributed by atoms with Crippen LogP contribution in [-0.4, -0.2) is 41.3 Å². The Balaban J connectivity index is 1.74. The van der Waals surface area contributed by atoms with Gasteiger partial charge in [0, 0.05) is 19.5 Å². The number of hydrogen-bond donors (Lipinski definition) is 0. The molecule has 2 heterocycles. The second-order valence-electron chi connectivity index (χ2n) is 5.87. The Morgan fingerprint density at radius 3 is 2.25 bits per heavy atom. The molecule has 0 atom stereocenters. The minimum absolute atomic E-state index is 0.741. The molecule has 0 spiro atoms. The second-order valence-corrected chi connectivity index (χ2v) is 5.87. The number of benzene rings is 2. The lowest BCUT2D eigenvalue weighted by atomic mass is 10.1. The Hall–Kier alpha value is -2.66. The van der Waals surface area contributed by atoms with Crippen LogP contribution in [0.15, 0.2) is 60.7 Å². The van der Waals surface area contributed by atoms with Gasteiger partial charge in [0.15, 0.2) is 5.82 Å². The summed E-state index contributed by atoms with van der Waals surface area (Å²) in [4.78, 5) is 2.33. The van der Waals surface area contributed by atoms with Crippen molar-refractivity contribution in [1.82, 2.24) is 15.0 Å². The molecule has 0 radical (unpaired) electrons.